The highest BCUT2D eigenvalue weighted by molar-refractivity contribution is 7.89. The van der Waals surface area contributed by atoms with Crippen LogP contribution in [-0.4, -0.2) is 25.8 Å². The molecule has 22 heavy (non-hydrogen) atoms. The van der Waals surface area contributed by atoms with Crippen LogP contribution in [0, 0.1) is 11.8 Å². The van der Waals surface area contributed by atoms with E-state index in [1.165, 1.54) is 5.56 Å². The third-order valence-electron chi connectivity index (χ3n) is 3.52. The van der Waals surface area contributed by atoms with Gasteiger partial charge in [0.05, 0.1) is 4.90 Å². The molecular weight excluding hydrogens is 294 g/mol. The molecule has 0 aliphatic carbocycles. The first-order chi connectivity index (χ1) is 10.3. The van der Waals surface area contributed by atoms with Gasteiger partial charge in [0, 0.05) is 13.1 Å². The summed E-state index contributed by atoms with van der Waals surface area (Å²) in [4.78, 5) is 0.411. The normalized spacial score (nSPS) is 12.5. The van der Waals surface area contributed by atoms with E-state index in [1.54, 1.807) is 16.4 Å². The lowest BCUT2D eigenvalue weighted by molar-refractivity contribution is 0.333. The molecule has 0 atom stereocenters. The van der Waals surface area contributed by atoms with E-state index < -0.39 is 10.0 Å². The summed E-state index contributed by atoms with van der Waals surface area (Å²) >= 11 is 0. The minimum absolute atomic E-state index is 0.317. The Labute approximate surface area is 136 Å². The Bertz CT molecular complexity index is 523. The zero-order valence-electron chi connectivity index (χ0n) is 14.7. The lowest BCUT2D eigenvalue weighted by atomic mass is 10.1. The average molecular weight is 326 g/mol. The van der Waals surface area contributed by atoms with Gasteiger partial charge < -0.3 is 0 Å². The van der Waals surface area contributed by atoms with Crippen molar-refractivity contribution in [3.05, 3.63) is 29.8 Å². The smallest absolute Gasteiger partial charge is 0.207 e. The fraction of sp³-hybridized carbons (Fsp3) is 0.667. The highest BCUT2D eigenvalue weighted by Crippen LogP contribution is 2.20. The molecule has 4 heteroatoms. The van der Waals surface area contributed by atoms with Gasteiger partial charge in [0.25, 0.3) is 0 Å². The van der Waals surface area contributed by atoms with E-state index in [9.17, 15) is 8.42 Å². The molecule has 0 radical (unpaired) electrons. The molecule has 0 N–H and O–H groups in total. The van der Waals surface area contributed by atoms with Crippen molar-refractivity contribution in [3.63, 3.8) is 0 Å². The molecule has 0 aromatic heterocycles. The largest absolute Gasteiger partial charge is 0.243 e. The van der Waals surface area contributed by atoms with Crippen molar-refractivity contribution in [3.8, 4) is 0 Å². The number of nitrogens with zero attached hydrogens (tertiary/aromatic N) is 1. The van der Waals surface area contributed by atoms with Crippen LogP contribution in [-0.2, 0) is 16.4 Å². The summed E-state index contributed by atoms with van der Waals surface area (Å²) in [6, 6.07) is 7.42. The molecule has 126 valence electrons. The van der Waals surface area contributed by atoms with Gasteiger partial charge in [-0.15, -0.1) is 0 Å². The molecule has 0 aliphatic rings. The number of rotatable bonds is 9. The summed E-state index contributed by atoms with van der Waals surface area (Å²) in [6.07, 6.45) is 3.30. The maximum atomic E-state index is 12.9. The third-order valence-corrected chi connectivity index (χ3v) is 5.36. The highest BCUT2D eigenvalue weighted by Gasteiger charge is 2.25. The van der Waals surface area contributed by atoms with Gasteiger partial charge in [-0.25, -0.2) is 8.42 Å². The number of sulfonamides is 1. The Morgan fingerprint density at radius 3 is 1.86 bits per heavy atom. The second-order valence-electron chi connectivity index (χ2n) is 6.86. The minimum atomic E-state index is -3.40. The molecule has 0 saturated heterocycles. The number of hydrogen-bond acceptors (Lipinski definition) is 2. The lowest BCUT2D eigenvalue weighted by Gasteiger charge is -2.25. The SMILES string of the molecule is CCCCc1ccc(S(=O)(=O)N(CC(C)C)CC(C)C)cc1. The van der Waals surface area contributed by atoms with Crippen molar-refractivity contribution >= 4 is 10.0 Å². The van der Waals surface area contributed by atoms with Gasteiger partial charge in [0.2, 0.25) is 10.0 Å². The first kappa shape index (κ1) is 19.2. The predicted octanol–water partition coefficient (Wildman–Crippen LogP) is 4.33. The maximum absolute atomic E-state index is 12.9. The monoisotopic (exact) mass is 325 g/mol. The number of aryl methyl sites for hydroxylation is 1. The molecular formula is C18H31NO2S. The van der Waals surface area contributed by atoms with Crippen LogP contribution in [0.3, 0.4) is 0 Å². The summed E-state index contributed by atoms with van der Waals surface area (Å²) in [5, 5.41) is 0. The Balaban J connectivity index is 2.97. The molecule has 0 spiro atoms. The molecule has 0 saturated carbocycles. The zero-order chi connectivity index (χ0) is 16.8. The third kappa shape index (κ3) is 5.73. The van der Waals surface area contributed by atoms with Crippen LogP contribution in [0.1, 0.15) is 53.0 Å². The molecule has 0 amide bonds. The summed E-state index contributed by atoms with van der Waals surface area (Å²) in [7, 11) is -3.40. The Morgan fingerprint density at radius 2 is 1.45 bits per heavy atom. The lowest BCUT2D eigenvalue weighted by Crippen LogP contribution is -2.37. The molecule has 0 fully saturated rings. The van der Waals surface area contributed by atoms with Gasteiger partial charge in [-0.2, -0.15) is 4.31 Å². The standard InChI is InChI=1S/C18H31NO2S/c1-6-7-8-17-9-11-18(12-10-17)22(20,21)19(13-15(2)3)14-16(4)5/h9-12,15-16H,6-8,13-14H2,1-5H3. The Hall–Kier alpha value is -0.870. The van der Waals surface area contributed by atoms with Crippen LogP contribution < -0.4 is 0 Å². The molecule has 1 rings (SSSR count). The van der Waals surface area contributed by atoms with Crippen LogP contribution >= 0.6 is 0 Å². The van der Waals surface area contributed by atoms with E-state index in [1.807, 2.05) is 12.1 Å². The molecule has 0 unspecified atom stereocenters. The number of hydrogen-bond donors (Lipinski definition) is 0. The molecule has 3 nitrogen and oxygen atoms in total. The maximum Gasteiger partial charge on any atom is 0.243 e. The second kappa shape index (κ2) is 8.68. The number of unbranched alkanes of at least 4 members (excludes halogenated alkanes) is 1. The van der Waals surface area contributed by atoms with E-state index in [4.69, 9.17) is 0 Å². The van der Waals surface area contributed by atoms with Crippen LogP contribution in [0.25, 0.3) is 0 Å². The van der Waals surface area contributed by atoms with Gasteiger partial charge >= 0.3 is 0 Å². The first-order valence-electron chi connectivity index (χ1n) is 8.36. The van der Waals surface area contributed by atoms with Gasteiger partial charge in [0.15, 0.2) is 0 Å². The molecule has 1 aromatic rings. The molecule has 1 aromatic carbocycles. The van der Waals surface area contributed by atoms with Gasteiger partial charge in [0.1, 0.15) is 0 Å². The van der Waals surface area contributed by atoms with Gasteiger partial charge in [-0.1, -0.05) is 53.2 Å². The topological polar surface area (TPSA) is 37.4 Å². The minimum Gasteiger partial charge on any atom is -0.207 e. The van der Waals surface area contributed by atoms with Crippen LogP contribution in [0.5, 0.6) is 0 Å². The predicted molar refractivity (Wildman–Crippen MR) is 93.5 cm³/mol. The van der Waals surface area contributed by atoms with E-state index in [0.717, 1.165) is 19.3 Å². The van der Waals surface area contributed by atoms with Crippen molar-refractivity contribution in [2.24, 2.45) is 11.8 Å². The Morgan fingerprint density at radius 1 is 0.955 bits per heavy atom. The quantitative estimate of drug-likeness (QED) is 0.677. The fourth-order valence-electron chi connectivity index (χ4n) is 2.44. The molecule has 0 heterocycles. The summed E-state index contributed by atoms with van der Waals surface area (Å²) < 4.78 is 27.3. The van der Waals surface area contributed by atoms with Crippen LogP contribution in [0.2, 0.25) is 0 Å². The van der Waals surface area contributed by atoms with E-state index >= 15 is 0 Å². The average Bonchev–Trinajstić information content (AvgIpc) is 2.44. The van der Waals surface area contributed by atoms with E-state index in [2.05, 4.69) is 34.6 Å². The zero-order valence-corrected chi connectivity index (χ0v) is 15.5. The van der Waals surface area contributed by atoms with Crippen molar-refractivity contribution in [2.45, 2.75) is 58.8 Å². The van der Waals surface area contributed by atoms with Crippen molar-refractivity contribution in [1.29, 1.82) is 0 Å². The van der Waals surface area contributed by atoms with E-state index in [-0.39, 0.29) is 0 Å². The first-order valence-corrected chi connectivity index (χ1v) is 9.80. The molecule has 0 aliphatic heterocycles. The number of benzene rings is 1. The van der Waals surface area contributed by atoms with Gasteiger partial charge in [-0.3, -0.25) is 0 Å². The summed E-state index contributed by atoms with van der Waals surface area (Å²) in [5.74, 6) is 0.634. The van der Waals surface area contributed by atoms with Crippen molar-refractivity contribution in [2.75, 3.05) is 13.1 Å². The highest BCUT2D eigenvalue weighted by atomic mass is 32.2. The Kier molecular flexibility index (Phi) is 7.57. The van der Waals surface area contributed by atoms with Crippen molar-refractivity contribution < 1.29 is 8.42 Å². The van der Waals surface area contributed by atoms with Crippen molar-refractivity contribution in [1.82, 2.24) is 4.31 Å². The van der Waals surface area contributed by atoms with E-state index in [0.29, 0.717) is 29.8 Å². The van der Waals surface area contributed by atoms with Crippen LogP contribution in [0.15, 0.2) is 29.2 Å². The molecule has 0 bridgehead atoms. The van der Waals surface area contributed by atoms with Crippen LogP contribution in [0.4, 0.5) is 0 Å². The summed E-state index contributed by atoms with van der Waals surface area (Å²) in [5.41, 5.74) is 1.21. The summed E-state index contributed by atoms with van der Waals surface area (Å²) in [6.45, 7) is 11.5. The second-order valence-corrected chi connectivity index (χ2v) is 8.80. The fourth-order valence-corrected chi connectivity index (χ4v) is 4.21. The van der Waals surface area contributed by atoms with Gasteiger partial charge in [-0.05, 0) is 42.4 Å².